The lowest BCUT2D eigenvalue weighted by Crippen LogP contribution is -2.48. The highest BCUT2D eigenvalue weighted by Gasteiger charge is 2.32. The molecule has 0 aromatic heterocycles. The molecule has 1 saturated heterocycles. The van der Waals surface area contributed by atoms with E-state index in [4.69, 9.17) is 9.47 Å². The Morgan fingerprint density at radius 1 is 1.30 bits per heavy atom. The number of rotatable bonds is 3. The Balaban J connectivity index is 2.34. The first-order valence-electron chi connectivity index (χ1n) is 6.33. The summed E-state index contributed by atoms with van der Waals surface area (Å²) in [5.41, 5.74) is 0. The Morgan fingerprint density at radius 3 is 2.45 bits per heavy atom. The van der Waals surface area contributed by atoms with Crippen molar-refractivity contribution in [3.8, 4) is 5.75 Å². The van der Waals surface area contributed by atoms with Crippen LogP contribution in [0.1, 0.15) is 13.8 Å². The standard InChI is InChI=1S/C13H18INO4S/c1-9-7-15(8-10(2)19-9)20(16,17)11-4-5-12(14)13(6-11)18-3/h4-6,9-10H,7-8H2,1-3H3/t9-,10-/m0/s1. The molecule has 0 amide bonds. The first kappa shape index (κ1) is 16.0. The first-order chi connectivity index (χ1) is 9.34. The van der Waals surface area contributed by atoms with Gasteiger partial charge < -0.3 is 9.47 Å². The van der Waals surface area contributed by atoms with Crippen LogP contribution in [0.25, 0.3) is 0 Å². The number of morpholine rings is 1. The molecule has 1 heterocycles. The van der Waals surface area contributed by atoms with Gasteiger partial charge in [0, 0.05) is 19.2 Å². The first-order valence-corrected chi connectivity index (χ1v) is 8.85. The van der Waals surface area contributed by atoms with Crippen molar-refractivity contribution in [2.45, 2.75) is 31.0 Å². The zero-order valence-electron chi connectivity index (χ0n) is 11.7. The number of halogens is 1. The summed E-state index contributed by atoms with van der Waals surface area (Å²) in [4.78, 5) is 0.260. The van der Waals surface area contributed by atoms with E-state index in [0.717, 1.165) is 3.57 Å². The van der Waals surface area contributed by atoms with Gasteiger partial charge in [-0.15, -0.1) is 0 Å². The van der Waals surface area contributed by atoms with Crippen molar-refractivity contribution >= 4 is 32.6 Å². The van der Waals surface area contributed by atoms with Crippen LogP contribution < -0.4 is 4.74 Å². The molecule has 1 fully saturated rings. The SMILES string of the molecule is COc1cc(S(=O)(=O)N2C[C@H](C)O[C@@H](C)C2)ccc1I. The zero-order chi connectivity index (χ0) is 14.9. The van der Waals surface area contributed by atoms with E-state index in [1.165, 1.54) is 11.4 Å². The summed E-state index contributed by atoms with van der Waals surface area (Å²) in [7, 11) is -1.97. The van der Waals surface area contributed by atoms with Crippen LogP contribution in [0, 0.1) is 3.57 Å². The summed E-state index contributed by atoms with van der Waals surface area (Å²) in [6, 6.07) is 4.94. The normalized spacial score (nSPS) is 24.6. The fourth-order valence-electron chi connectivity index (χ4n) is 2.28. The summed E-state index contributed by atoms with van der Waals surface area (Å²) in [6.07, 6.45) is -0.196. The predicted molar refractivity (Wildman–Crippen MR) is 84.5 cm³/mol. The van der Waals surface area contributed by atoms with Gasteiger partial charge in [0.15, 0.2) is 0 Å². The second-order valence-corrected chi connectivity index (χ2v) is 7.98. The number of nitrogens with zero attached hydrogens (tertiary/aromatic N) is 1. The lowest BCUT2D eigenvalue weighted by atomic mass is 10.3. The summed E-state index contributed by atoms with van der Waals surface area (Å²) < 4.78 is 38.5. The Hall–Kier alpha value is -0.380. The van der Waals surface area contributed by atoms with E-state index < -0.39 is 10.0 Å². The molecule has 0 unspecified atom stereocenters. The highest BCUT2D eigenvalue weighted by Crippen LogP contribution is 2.27. The van der Waals surface area contributed by atoms with Gasteiger partial charge in [-0.2, -0.15) is 4.31 Å². The van der Waals surface area contributed by atoms with Crippen LogP contribution in [0.2, 0.25) is 0 Å². The van der Waals surface area contributed by atoms with Gasteiger partial charge >= 0.3 is 0 Å². The Labute approximate surface area is 133 Å². The van der Waals surface area contributed by atoms with Gasteiger partial charge in [-0.05, 0) is 48.6 Å². The summed E-state index contributed by atoms with van der Waals surface area (Å²) in [5, 5.41) is 0. The fourth-order valence-corrected chi connectivity index (χ4v) is 4.44. The van der Waals surface area contributed by atoms with Gasteiger partial charge in [0.05, 0.1) is 27.8 Å². The topological polar surface area (TPSA) is 55.8 Å². The zero-order valence-corrected chi connectivity index (χ0v) is 14.6. The van der Waals surface area contributed by atoms with E-state index in [9.17, 15) is 8.42 Å². The molecule has 20 heavy (non-hydrogen) atoms. The molecule has 1 aromatic carbocycles. The van der Waals surface area contributed by atoms with Crippen LogP contribution in [0.3, 0.4) is 0 Å². The fraction of sp³-hybridized carbons (Fsp3) is 0.538. The number of hydrogen-bond acceptors (Lipinski definition) is 4. The van der Waals surface area contributed by atoms with Crippen molar-refractivity contribution in [2.75, 3.05) is 20.2 Å². The minimum Gasteiger partial charge on any atom is -0.496 e. The van der Waals surface area contributed by atoms with E-state index in [2.05, 4.69) is 22.6 Å². The third-order valence-electron chi connectivity index (χ3n) is 3.15. The molecule has 2 rings (SSSR count). The molecular formula is C13H18INO4S. The summed E-state index contributed by atoms with van der Waals surface area (Å²) >= 11 is 2.11. The molecule has 0 spiro atoms. The van der Waals surface area contributed by atoms with Gasteiger partial charge in [0.1, 0.15) is 5.75 Å². The average molecular weight is 411 g/mol. The van der Waals surface area contributed by atoms with Crippen LogP contribution >= 0.6 is 22.6 Å². The second-order valence-electron chi connectivity index (χ2n) is 4.88. The quantitative estimate of drug-likeness (QED) is 0.715. The Bertz CT molecular complexity index is 580. The maximum Gasteiger partial charge on any atom is 0.243 e. The molecule has 7 heteroatoms. The van der Waals surface area contributed by atoms with Gasteiger partial charge in [-0.3, -0.25) is 0 Å². The van der Waals surface area contributed by atoms with E-state index in [0.29, 0.717) is 18.8 Å². The van der Waals surface area contributed by atoms with Crippen LogP contribution in [-0.4, -0.2) is 45.1 Å². The van der Waals surface area contributed by atoms with Gasteiger partial charge in [0.2, 0.25) is 10.0 Å². The Kier molecular flexibility index (Phi) is 4.93. The molecule has 1 aliphatic heterocycles. The predicted octanol–water partition coefficient (Wildman–Crippen LogP) is 2.10. The van der Waals surface area contributed by atoms with E-state index in [-0.39, 0.29) is 17.1 Å². The largest absolute Gasteiger partial charge is 0.496 e. The smallest absolute Gasteiger partial charge is 0.243 e. The van der Waals surface area contributed by atoms with Crippen molar-refractivity contribution in [3.63, 3.8) is 0 Å². The number of hydrogen-bond donors (Lipinski definition) is 0. The molecule has 1 aliphatic rings. The van der Waals surface area contributed by atoms with Crippen LogP contribution in [-0.2, 0) is 14.8 Å². The molecule has 0 aliphatic carbocycles. The molecule has 112 valence electrons. The molecule has 0 bridgehead atoms. The van der Waals surface area contributed by atoms with Crippen molar-refractivity contribution < 1.29 is 17.9 Å². The Morgan fingerprint density at radius 2 is 1.90 bits per heavy atom. The minimum atomic E-state index is -3.51. The molecule has 0 saturated carbocycles. The van der Waals surface area contributed by atoms with Crippen molar-refractivity contribution in [1.82, 2.24) is 4.31 Å². The van der Waals surface area contributed by atoms with Gasteiger partial charge in [0.25, 0.3) is 0 Å². The van der Waals surface area contributed by atoms with Crippen LogP contribution in [0.15, 0.2) is 23.1 Å². The third kappa shape index (κ3) is 3.26. The monoisotopic (exact) mass is 411 g/mol. The maximum atomic E-state index is 12.7. The molecular weight excluding hydrogens is 393 g/mol. The summed E-state index contributed by atoms with van der Waals surface area (Å²) in [5.74, 6) is 0.570. The lowest BCUT2D eigenvalue weighted by molar-refractivity contribution is -0.0440. The highest BCUT2D eigenvalue weighted by molar-refractivity contribution is 14.1. The van der Waals surface area contributed by atoms with Crippen molar-refractivity contribution in [2.24, 2.45) is 0 Å². The summed E-state index contributed by atoms with van der Waals surface area (Å²) in [6.45, 7) is 4.52. The van der Waals surface area contributed by atoms with Crippen molar-refractivity contribution in [3.05, 3.63) is 21.8 Å². The van der Waals surface area contributed by atoms with Gasteiger partial charge in [-0.25, -0.2) is 8.42 Å². The lowest BCUT2D eigenvalue weighted by Gasteiger charge is -2.34. The number of sulfonamides is 1. The van der Waals surface area contributed by atoms with Gasteiger partial charge in [-0.1, -0.05) is 0 Å². The van der Waals surface area contributed by atoms with E-state index >= 15 is 0 Å². The van der Waals surface area contributed by atoms with Crippen LogP contribution in [0.4, 0.5) is 0 Å². The molecule has 0 N–H and O–H groups in total. The van der Waals surface area contributed by atoms with E-state index in [1.807, 2.05) is 13.8 Å². The maximum absolute atomic E-state index is 12.7. The third-order valence-corrected chi connectivity index (χ3v) is 5.87. The van der Waals surface area contributed by atoms with E-state index in [1.54, 1.807) is 18.2 Å². The molecule has 1 aromatic rings. The average Bonchev–Trinajstić information content (AvgIpc) is 2.37. The number of benzene rings is 1. The molecule has 2 atom stereocenters. The molecule has 5 nitrogen and oxygen atoms in total. The number of ether oxygens (including phenoxy) is 2. The highest BCUT2D eigenvalue weighted by atomic mass is 127. The van der Waals surface area contributed by atoms with Crippen LogP contribution in [0.5, 0.6) is 5.75 Å². The number of methoxy groups -OCH3 is 1. The second kappa shape index (κ2) is 6.17. The molecule has 0 radical (unpaired) electrons. The minimum absolute atomic E-state index is 0.0979. The van der Waals surface area contributed by atoms with Crippen molar-refractivity contribution in [1.29, 1.82) is 0 Å².